The van der Waals surface area contributed by atoms with Gasteiger partial charge >= 0.3 is 6.03 Å². The minimum absolute atomic E-state index is 0.0779. The van der Waals surface area contributed by atoms with Crippen LogP contribution in [0.1, 0.15) is 12.0 Å². The van der Waals surface area contributed by atoms with Crippen molar-refractivity contribution in [3.05, 3.63) is 72.2 Å². The molecule has 0 spiro atoms. The molecule has 1 fully saturated rings. The highest BCUT2D eigenvalue weighted by atomic mass is 19.3. The first-order valence-electron chi connectivity index (χ1n) is 11.0. The summed E-state index contributed by atoms with van der Waals surface area (Å²) in [7, 11) is 0. The van der Waals surface area contributed by atoms with Crippen LogP contribution in [0.25, 0.3) is 11.1 Å². The minimum atomic E-state index is -2.86. The van der Waals surface area contributed by atoms with Gasteiger partial charge in [-0.1, -0.05) is 36.4 Å². The van der Waals surface area contributed by atoms with E-state index in [1.807, 2.05) is 24.3 Å². The molecule has 9 heteroatoms. The molecule has 6 nitrogen and oxygen atoms in total. The number of hydrogen-bond donors (Lipinski definition) is 1. The number of fused-ring (bicyclic) bond motifs is 1. The highest BCUT2D eigenvalue weighted by molar-refractivity contribution is 5.99. The number of hydrogen-bond acceptors (Lipinski definition) is 4. The van der Waals surface area contributed by atoms with Gasteiger partial charge in [0.1, 0.15) is 18.2 Å². The summed E-state index contributed by atoms with van der Waals surface area (Å²) >= 11 is 0. The van der Waals surface area contributed by atoms with Crippen molar-refractivity contribution in [1.82, 2.24) is 9.88 Å². The number of rotatable bonds is 3. The van der Waals surface area contributed by atoms with Crippen molar-refractivity contribution in [2.45, 2.75) is 18.9 Å². The standard InChI is InChI=1S/C25H23F3N4O2/c26-20-7-3-2-6-18(20)19-9-11-29-23(32-12-10-25(27,28)16-32)22(19)30-24(33)31-13-14-34-21-8-4-1-5-17(21)15-31/h1-9,11H,10,12-16H2,(H,30,33). The van der Waals surface area contributed by atoms with Crippen LogP contribution in [-0.2, 0) is 6.54 Å². The predicted octanol–water partition coefficient (Wildman–Crippen LogP) is 5.16. The molecule has 3 heterocycles. The molecule has 0 atom stereocenters. The fourth-order valence-electron chi connectivity index (χ4n) is 4.32. The van der Waals surface area contributed by atoms with Crippen LogP contribution < -0.4 is 15.0 Å². The summed E-state index contributed by atoms with van der Waals surface area (Å²) in [5.74, 6) is -2.44. The van der Waals surface area contributed by atoms with E-state index in [2.05, 4.69) is 10.3 Å². The van der Waals surface area contributed by atoms with Gasteiger partial charge in [-0.15, -0.1) is 0 Å². The van der Waals surface area contributed by atoms with E-state index < -0.39 is 24.3 Å². The van der Waals surface area contributed by atoms with Gasteiger partial charge in [-0.25, -0.2) is 22.9 Å². The number of nitrogens with zero attached hydrogens (tertiary/aromatic N) is 3. The zero-order valence-corrected chi connectivity index (χ0v) is 18.3. The Morgan fingerprint density at radius 2 is 1.82 bits per heavy atom. The van der Waals surface area contributed by atoms with Gasteiger partial charge in [-0.2, -0.15) is 0 Å². The number of benzene rings is 2. The predicted molar refractivity (Wildman–Crippen MR) is 123 cm³/mol. The van der Waals surface area contributed by atoms with Crippen molar-refractivity contribution in [1.29, 1.82) is 0 Å². The number of urea groups is 1. The summed E-state index contributed by atoms with van der Waals surface area (Å²) in [4.78, 5) is 20.7. The monoisotopic (exact) mass is 468 g/mol. The molecule has 0 saturated carbocycles. The van der Waals surface area contributed by atoms with Crippen molar-refractivity contribution >= 4 is 17.5 Å². The SMILES string of the molecule is O=C(Nc1c(-c2ccccc2F)ccnc1N1CCC(F)(F)C1)N1CCOc2ccccc2C1. The normalized spacial score (nSPS) is 17.0. The first-order valence-corrected chi connectivity index (χ1v) is 11.0. The van der Waals surface area contributed by atoms with Crippen LogP contribution in [-0.4, -0.2) is 48.1 Å². The minimum Gasteiger partial charge on any atom is -0.491 e. The second kappa shape index (κ2) is 8.89. The molecule has 3 aromatic rings. The first kappa shape index (κ1) is 22.1. The number of alkyl halides is 2. The number of aromatic nitrogens is 1. The topological polar surface area (TPSA) is 57.7 Å². The van der Waals surface area contributed by atoms with Crippen molar-refractivity contribution < 1.29 is 22.7 Å². The molecule has 34 heavy (non-hydrogen) atoms. The Hall–Kier alpha value is -3.75. The molecule has 1 aromatic heterocycles. The van der Waals surface area contributed by atoms with Crippen LogP contribution in [0.15, 0.2) is 60.8 Å². The molecule has 0 aliphatic carbocycles. The maximum Gasteiger partial charge on any atom is 0.322 e. The van der Waals surface area contributed by atoms with Crippen molar-refractivity contribution in [3.8, 4) is 16.9 Å². The Labute approximate surface area is 195 Å². The molecule has 0 radical (unpaired) electrons. The van der Waals surface area contributed by atoms with Gasteiger partial charge in [0.2, 0.25) is 0 Å². The second-order valence-corrected chi connectivity index (χ2v) is 8.37. The third-order valence-corrected chi connectivity index (χ3v) is 6.04. The zero-order chi connectivity index (χ0) is 23.7. The number of halogens is 3. The maximum atomic E-state index is 14.7. The lowest BCUT2D eigenvalue weighted by atomic mass is 10.0. The summed E-state index contributed by atoms with van der Waals surface area (Å²) < 4.78 is 48.4. The number of ether oxygens (including phenoxy) is 1. The van der Waals surface area contributed by atoms with Gasteiger partial charge in [-0.05, 0) is 18.2 Å². The second-order valence-electron chi connectivity index (χ2n) is 8.37. The molecule has 0 unspecified atom stereocenters. The lowest BCUT2D eigenvalue weighted by molar-refractivity contribution is 0.0257. The van der Waals surface area contributed by atoms with E-state index in [9.17, 15) is 18.0 Å². The molecule has 2 aromatic carbocycles. The van der Waals surface area contributed by atoms with Crippen LogP contribution in [0.2, 0.25) is 0 Å². The summed E-state index contributed by atoms with van der Waals surface area (Å²) in [6, 6.07) is 14.7. The van der Waals surface area contributed by atoms with Gasteiger partial charge in [-0.3, -0.25) is 0 Å². The van der Waals surface area contributed by atoms with E-state index in [1.54, 1.807) is 29.2 Å². The Balaban J connectivity index is 1.51. The van der Waals surface area contributed by atoms with Crippen LogP contribution in [0.4, 0.5) is 29.5 Å². The average Bonchev–Trinajstić information content (AvgIpc) is 3.05. The molecule has 176 valence electrons. The molecule has 2 aliphatic rings. The number of pyridine rings is 1. The lowest BCUT2D eigenvalue weighted by Crippen LogP contribution is -2.37. The Bertz CT molecular complexity index is 1220. The third-order valence-electron chi connectivity index (χ3n) is 6.04. The number of para-hydroxylation sites is 1. The molecule has 5 rings (SSSR count). The Kier molecular flexibility index (Phi) is 5.77. The van der Waals surface area contributed by atoms with E-state index in [4.69, 9.17) is 4.74 Å². The van der Waals surface area contributed by atoms with E-state index >= 15 is 0 Å². The lowest BCUT2D eigenvalue weighted by Gasteiger charge is -2.26. The first-order chi connectivity index (χ1) is 16.4. The molecule has 1 saturated heterocycles. The van der Waals surface area contributed by atoms with E-state index in [-0.39, 0.29) is 30.0 Å². The summed E-state index contributed by atoms with van der Waals surface area (Å²) in [5, 5.41) is 2.85. The average molecular weight is 468 g/mol. The highest BCUT2D eigenvalue weighted by Gasteiger charge is 2.40. The van der Waals surface area contributed by atoms with Crippen LogP contribution in [0.3, 0.4) is 0 Å². The van der Waals surface area contributed by atoms with E-state index in [0.29, 0.717) is 31.0 Å². The van der Waals surface area contributed by atoms with Crippen LogP contribution in [0, 0.1) is 5.82 Å². The highest BCUT2D eigenvalue weighted by Crippen LogP contribution is 2.39. The molecule has 0 bridgehead atoms. The third kappa shape index (κ3) is 4.37. The van der Waals surface area contributed by atoms with Crippen molar-refractivity contribution in [3.63, 3.8) is 0 Å². The van der Waals surface area contributed by atoms with Crippen molar-refractivity contribution in [2.24, 2.45) is 0 Å². The van der Waals surface area contributed by atoms with Crippen LogP contribution >= 0.6 is 0 Å². The molecular weight excluding hydrogens is 445 g/mol. The Morgan fingerprint density at radius 3 is 2.62 bits per heavy atom. The number of anilines is 2. The fourth-order valence-corrected chi connectivity index (χ4v) is 4.32. The molecule has 1 N–H and O–H groups in total. The van der Waals surface area contributed by atoms with E-state index in [1.165, 1.54) is 17.2 Å². The summed E-state index contributed by atoms with van der Waals surface area (Å²) in [5.41, 5.74) is 1.68. The van der Waals surface area contributed by atoms with Crippen molar-refractivity contribution in [2.75, 3.05) is 36.5 Å². The number of carbonyl (C=O) groups excluding carboxylic acids is 1. The number of carbonyl (C=O) groups is 1. The number of amides is 2. The number of nitrogens with one attached hydrogen (secondary N) is 1. The zero-order valence-electron chi connectivity index (χ0n) is 18.3. The fraction of sp³-hybridized carbons (Fsp3) is 0.280. The summed E-state index contributed by atoms with van der Waals surface area (Å²) in [6.07, 6.45) is 1.13. The van der Waals surface area contributed by atoms with Gasteiger partial charge < -0.3 is 19.9 Å². The molecule has 2 amide bonds. The maximum absolute atomic E-state index is 14.7. The Morgan fingerprint density at radius 1 is 1.03 bits per heavy atom. The van der Waals surface area contributed by atoms with Gasteiger partial charge in [0.05, 0.1) is 25.3 Å². The van der Waals surface area contributed by atoms with Gasteiger partial charge in [0.15, 0.2) is 5.82 Å². The molecular formula is C25H23F3N4O2. The molecule has 2 aliphatic heterocycles. The van der Waals surface area contributed by atoms with Crippen LogP contribution in [0.5, 0.6) is 5.75 Å². The van der Waals surface area contributed by atoms with E-state index in [0.717, 1.165) is 5.56 Å². The largest absolute Gasteiger partial charge is 0.491 e. The quantitative estimate of drug-likeness (QED) is 0.577. The van der Waals surface area contributed by atoms with Gasteiger partial charge in [0.25, 0.3) is 5.92 Å². The van der Waals surface area contributed by atoms with Gasteiger partial charge in [0, 0.05) is 35.9 Å². The summed E-state index contributed by atoms with van der Waals surface area (Å²) in [6.45, 7) is 0.507. The smallest absolute Gasteiger partial charge is 0.322 e.